The molecule has 2 heterocycles. The van der Waals surface area contributed by atoms with Crippen LogP contribution in [0.25, 0.3) is 10.4 Å². The molecule has 2 N–H and O–H groups in total. The van der Waals surface area contributed by atoms with E-state index in [0.717, 1.165) is 47.5 Å². The number of aryl methyl sites for hydroxylation is 1. The van der Waals surface area contributed by atoms with Crippen molar-refractivity contribution in [2.24, 2.45) is 11.8 Å². The molecule has 0 saturated heterocycles. The van der Waals surface area contributed by atoms with Gasteiger partial charge >= 0.3 is 5.97 Å². The summed E-state index contributed by atoms with van der Waals surface area (Å²) < 4.78 is 4.94. The van der Waals surface area contributed by atoms with E-state index in [2.05, 4.69) is 17.4 Å². The molecule has 0 unspecified atom stereocenters. The Kier molecular flexibility index (Phi) is 7.59. The molecule has 1 fully saturated rings. The summed E-state index contributed by atoms with van der Waals surface area (Å²) in [5.74, 6) is -0.338. The van der Waals surface area contributed by atoms with E-state index in [9.17, 15) is 19.5 Å². The normalized spacial score (nSPS) is 17.7. The molecule has 1 saturated carbocycles. The van der Waals surface area contributed by atoms with E-state index in [0.29, 0.717) is 23.1 Å². The number of carboxylic acids is 1. The second kappa shape index (κ2) is 10.7. The Morgan fingerprint density at radius 2 is 1.78 bits per heavy atom. The van der Waals surface area contributed by atoms with Crippen LogP contribution in [-0.4, -0.2) is 34.1 Å². The fraction of sp³-hybridized carbons (Fsp3) is 0.407. The van der Waals surface area contributed by atoms with Crippen LogP contribution in [0.1, 0.15) is 72.4 Å². The first-order valence-corrected chi connectivity index (χ1v) is 13.0. The highest BCUT2D eigenvalue weighted by Crippen LogP contribution is 2.40. The van der Waals surface area contributed by atoms with Gasteiger partial charge in [-0.3, -0.25) is 9.59 Å². The second-order valence-corrected chi connectivity index (χ2v) is 10.8. The molecule has 2 amide bonds. The second-order valence-electron chi connectivity index (χ2n) is 9.74. The number of anilines is 2. The fourth-order valence-corrected chi connectivity index (χ4v) is 5.59. The first-order chi connectivity index (χ1) is 17.1. The van der Waals surface area contributed by atoms with Crippen LogP contribution in [-0.2, 0) is 4.79 Å². The van der Waals surface area contributed by atoms with Crippen LogP contribution in [0, 0.1) is 18.8 Å². The predicted molar refractivity (Wildman–Crippen MR) is 140 cm³/mol. The zero-order valence-electron chi connectivity index (χ0n) is 20.9. The zero-order valence-corrected chi connectivity index (χ0v) is 21.7. The molecule has 1 aromatic carbocycles. The van der Waals surface area contributed by atoms with Crippen LogP contribution in [0.5, 0.6) is 0 Å². The van der Waals surface area contributed by atoms with Crippen molar-refractivity contribution in [3.8, 4) is 10.4 Å². The van der Waals surface area contributed by atoms with Gasteiger partial charge in [0.2, 0.25) is 5.91 Å². The van der Waals surface area contributed by atoms with Crippen molar-refractivity contribution in [1.82, 2.24) is 5.16 Å². The number of hydrogen-bond donors (Lipinski definition) is 2. The van der Waals surface area contributed by atoms with Gasteiger partial charge in [0.1, 0.15) is 10.6 Å². The van der Waals surface area contributed by atoms with Crippen LogP contribution in [0.4, 0.5) is 11.4 Å². The Morgan fingerprint density at radius 3 is 2.33 bits per heavy atom. The van der Waals surface area contributed by atoms with Crippen molar-refractivity contribution < 1.29 is 24.0 Å². The summed E-state index contributed by atoms with van der Waals surface area (Å²) >= 11 is 1.15. The third-order valence-electron chi connectivity index (χ3n) is 6.57. The molecular formula is C27H31N3O5S. The van der Waals surface area contributed by atoms with Gasteiger partial charge in [-0.25, -0.2) is 4.79 Å². The minimum Gasteiger partial charge on any atom is -0.477 e. The Hall–Kier alpha value is -3.46. The molecule has 3 aromatic rings. The number of aromatic carboxylic acids is 1. The monoisotopic (exact) mass is 509 g/mol. The maximum absolute atomic E-state index is 13.5. The summed E-state index contributed by atoms with van der Waals surface area (Å²) in [4.78, 5) is 40.6. The first kappa shape index (κ1) is 25.6. The van der Waals surface area contributed by atoms with Crippen LogP contribution in [0.3, 0.4) is 0 Å². The van der Waals surface area contributed by atoms with Gasteiger partial charge in [-0.15, -0.1) is 11.3 Å². The maximum Gasteiger partial charge on any atom is 0.348 e. The number of benzene rings is 1. The van der Waals surface area contributed by atoms with Gasteiger partial charge in [0.05, 0.1) is 5.69 Å². The highest BCUT2D eigenvalue weighted by molar-refractivity contribution is 7.18. The minimum absolute atomic E-state index is 0.00454. The van der Waals surface area contributed by atoms with E-state index >= 15 is 0 Å². The predicted octanol–water partition coefficient (Wildman–Crippen LogP) is 6.23. The summed E-state index contributed by atoms with van der Waals surface area (Å²) in [7, 11) is 0. The Bertz CT molecular complexity index is 1250. The number of aromatic nitrogens is 1. The molecule has 0 aliphatic heterocycles. The summed E-state index contributed by atoms with van der Waals surface area (Å²) in [5.41, 5.74) is 2.01. The summed E-state index contributed by atoms with van der Waals surface area (Å²) in [6.07, 6.45) is 3.71. The summed E-state index contributed by atoms with van der Waals surface area (Å²) in [5, 5.41) is 16.4. The lowest BCUT2D eigenvalue weighted by Crippen LogP contribution is -2.42. The van der Waals surface area contributed by atoms with Crippen LogP contribution in [0.2, 0.25) is 0 Å². The van der Waals surface area contributed by atoms with Gasteiger partial charge in [0, 0.05) is 28.6 Å². The van der Waals surface area contributed by atoms with Crippen molar-refractivity contribution in [2.45, 2.75) is 59.4 Å². The zero-order chi connectivity index (χ0) is 26.0. The lowest BCUT2D eigenvalue weighted by Gasteiger charge is -2.33. The molecule has 2 aromatic heterocycles. The van der Waals surface area contributed by atoms with Gasteiger partial charge in [-0.2, -0.15) is 0 Å². The van der Waals surface area contributed by atoms with Gasteiger partial charge in [0.15, 0.2) is 5.69 Å². The summed E-state index contributed by atoms with van der Waals surface area (Å²) in [6, 6.07) is 10.3. The average Bonchev–Trinajstić information content (AvgIpc) is 3.47. The van der Waals surface area contributed by atoms with Crippen molar-refractivity contribution in [2.75, 3.05) is 10.2 Å². The quantitative estimate of drug-likeness (QED) is 0.390. The summed E-state index contributed by atoms with van der Waals surface area (Å²) in [6.45, 7) is 7.75. The number of rotatable bonds is 7. The molecule has 9 heteroatoms. The topological polar surface area (TPSA) is 113 Å². The molecule has 1 aliphatic rings. The molecule has 190 valence electrons. The highest BCUT2D eigenvalue weighted by Gasteiger charge is 2.33. The van der Waals surface area contributed by atoms with E-state index in [-0.39, 0.29) is 34.3 Å². The molecule has 0 spiro atoms. The maximum atomic E-state index is 13.5. The van der Waals surface area contributed by atoms with Crippen molar-refractivity contribution in [1.29, 1.82) is 0 Å². The standard InChI is InChI=1S/C27H31N3O5S/c1-15(2)30(26(32)19-7-5-16(3)6-8-19)22-14-23(36-24(22)27(33)34)18-9-11-20(12-10-18)28-25(31)21-13-17(4)35-29-21/h9-16,19H,5-8H2,1-4H3,(H,28,31)(H,33,34)/t16-,19-. The third kappa shape index (κ3) is 5.51. The van der Waals surface area contributed by atoms with E-state index in [1.165, 1.54) is 0 Å². The molecule has 1 aliphatic carbocycles. The van der Waals surface area contributed by atoms with Crippen molar-refractivity contribution in [3.63, 3.8) is 0 Å². The Labute approximate surface area is 214 Å². The van der Waals surface area contributed by atoms with E-state index in [4.69, 9.17) is 4.52 Å². The Balaban J connectivity index is 1.58. The number of carbonyl (C=O) groups excluding carboxylic acids is 2. The van der Waals surface area contributed by atoms with Crippen LogP contribution >= 0.6 is 11.3 Å². The van der Waals surface area contributed by atoms with Gasteiger partial charge in [-0.05, 0) is 76.1 Å². The lowest BCUT2D eigenvalue weighted by molar-refractivity contribution is -0.123. The smallest absolute Gasteiger partial charge is 0.348 e. The van der Waals surface area contributed by atoms with Crippen LogP contribution in [0.15, 0.2) is 40.9 Å². The first-order valence-electron chi connectivity index (χ1n) is 12.2. The number of carboxylic acid groups (broad SMARTS) is 1. The van der Waals surface area contributed by atoms with Crippen molar-refractivity contribution in [3.05, 3.63) is 52.7 Å². The van der Waals surface area contributed by atoms with Crippen molar-refractivity contribution >= 4 is 40.5 Å². The number of thiophene rings is 1. The van der Waals surface area contributed by atoms with Gasteiger partial charge in [-0.1, -0.05) is 24.2 Å². The number of hydrogen-bond acceptors (Lipinski definition) is 6. The number of nitrogens with one attached hydrogen (secondary N) is 1. The minimum atomic E-state index is -1.05. The highest BCUT2D eigenvalue weighted by atomic mass is 32.1. The number of carbonyl (C=O) groups is 3. The van der Waals surface area contributed by atoms with E-state index in [1.54, 1.807) is 36.1 Å². The van der Waals surface area contributed by atoms with Gasteiger partial charge in [0.25, 0.3) is 5.91 Å². The largest absolute Gasteiger partial charge is 0.477 e. The fourth-order valence-electron chi connectivity index (χ4n) is 4.60. The van der Waals surface area contributed by atoms with Crippen LogP contribution < -0.4 is 10.2 Å². The van der Waals surface area contributed by atoms with Gasteiger partial charge < -0.3 is 19.8 Å². The lowest BCUT2D eigenvalue weighted by atomic mass is 9.82. The SMILES string of the molecule is Cc1cc(C(=O)Nc2ccc(-c3cc(N(C(=O)[C@H]4CC[C@H](C)CC4)C(C)C)c(C(=O)O)s3)cc2)no1. The Morgan fingerprint density at radius 1 is 1.11 bits per heavy atom. The van der Waals surface area contributed by atoms with E-state index in [1.807, 2.05) is 26.0 Å². The third-order valence-corrected chi connectivity index (χ3v) is 7.73. The number of nitrogens with zero attached hydrogens (tertiary/aromatic N) is 2. The molecule has 8 nitrogen and oxygen atoms in total. The molecular weight excluding hydrogens is 478 g/mol. The number of amides is 2. The average molecular weight is 510 g/mol. The molecule has 0 radical (unpaired) electrons. The molecule has 4 rings (SSSR count). The molecule has 0 bridgehead atoms. The molecule has 0 atom stereocenters. The van der Waals surface area contributed by atoms with E-state index < -0.39 is 5.97 Å². The molecule has 36 heavy (non-hydrogen) atoms.